The molecule has 0 aromatic heterocycles. The number of hydrogen-bond acceptors (Lipinski definition) is 1. The van der Waals surface area contributed by atoms with Crippen molar-refractivity contribution in [2.45, 2.75) is 7.43 Å². The summed E-state index contributed by atoms with van der Waals surface area (Å²) in [6.07, 6.45) is 0. The Bertz CT molecular complexity index is 12.8. The zero-order valence-corrected chi connectivity index (χ0v) is 4.24. The smallest absolute Gasteiger partial charge is 0 e. The van der Waals surface area contributed by atoms with E-state index in [2.05, 4.69) is 0 Å². The molecule has 20 valence electrons. The zero-order valence-electron chi connectivity index (χ0n) is 1.52. The number of rotatable bonds is 0. The van der Waals surface area contributed by atoms with E-state index >= 15 is 0 Å². The van der Waals surface area contributed by atoms with Crippen LogP contribution >= 0.6 is 0 Å². The fourth-order valence-electron chi connectivity index (χ4n) is 0. The largest absolute Gasteiger partial charge is 0 e. The Kier molecular flexibility index (Phi) is 191. The zero-order chi connectivity index (χ0) is 2.00. The predicted octanol–water partition coefficient (Wildman–Crippen LogP) is 0.268. The second-order valence-electron chi connectivity index (χ2n) is 0. The third-order valence-electron chi connectivity index (χ3n) is 0. The van der Waals surface area contributed by atoms with E-state index in [0.29, 0.717) is 0 Å². The summed E-state index contributed by atoms with van der Waals surface area (Å²) in [5.74, 6) is 0. The molecule has 0 fully saturated rings. The summed E-state index contributed by atoms with van der Waals surface area (Å²) in [5.41, 5.74) is 0. The minimum Gasteiger partial charge on any atom is 0 e. The van der Waals surface area contributed by atoms with Crippen molar-refractivity contribution < 1.29 is 21.7 Å². The Morgan fingerprint density at radius 1 is 1.25 bits per heavy atom. The first-order valence-electron chi connectivity index (χ1n) is 0.258. The molecule has 3 heteroatoms. The monoisotopic (exact) mass is 105 g/mol. The first kappa shape index (κ1) is 20.3. The third-order valence-corrected chi connectivity index (χ3v) is 0. The van der Waals surface area contributed by atoms with E-state index < -0.39 is 0 Å². The van der Waals surface area contributed by atoms with Gasteiger partial charge in [0.2, 0.25) is 0 Å². The summed E-state index contributed by atoms with van der Waals surface area (Å²) in [5, 5.41) is 0. The van der Waals surface area contributed by atoms with E-state index in [1.54, 1.807) is 0 Å². The molecule has 0 atom stereocenters. The van der Waals surface area contributed by atoms with Crippen molar-refractivity contribution in [2.24, 2.45) is 0 Å². The van der Waals surface area contributed by atoms with E-state index in [1.165, 1.54) is 15.9 Å². The molecule has 0 unspecified atom stereocenters. The molecule has 0 rings (SSSR count). The van der Waals surface area contributed by atoms with Crippen LogP contribution in [0.4, 0.5) is 0 Å². The quantitative estimate of drug-likeness (QED) is 0.405. The summed E-state index contributed by atoms with van der Waals surface area (Å²) < 4.78 is 6.92. The minimum absolute atomic E-state index is 0. The van der Waals surface area contributed by atoms with Crippen LogP contribution in [0, 0.1) is 4.17 Å². The second kappa shape index (κ2) is 37.8. The molecular weight excluding hydrogens is 101 g/mol. The van der Waals surface area contributed by atoms with Crippen LogP contribution in [0.2, 0.25) is 0 Å². The molecule has 0 saturated carbocycles. The van der Waals surface area contributed by atoms with Crippen molar-refractivity contribution in [3.05, 3.63) is 0 Å². The summed E-state index contributed by atoms with van der Waals surface area (Å²) in [6, 6.07) is 0. The van der Waals surface area contributed by atoms with Crippen LogP contribution in [0.25, 0.3) is 0 Å². The molecule has 0 spiro atoms. The van der Waals surface area contributed by atoms with Crippen LogP contribution in [0.5, 0.6) is 0 Å². The van der Waals surface area contributed by atoms with Gasteiger partial charge in [0.25, 0.3) is 0 Å². The van der Waals surface area contributed by atoms with Gasteiger partial charge in [-0.1, -0.05) is 7.43 Å². The molecule has 0 heterocycles. The van der Waals surface area contributed by atoms with Gasteiger partial charge >= 0.3 is 20.1 Å². The third kappa shape index (κ3) is 12.4. The molecule has 0 aromatic carbocycles. The van der Waals surface area contributed by atoms with Crippen molar-refractivity contribution in [1.82, 2.24) is 0 Å². The average Bonchev–Trinajstić information content (AvgIpc) is 1.00. The SMILES string of the molecule is C.[N]#[Al].[Ti]. The van der Waals surface area contributed by atoms with Gasteiger partial charge in [-0.25, -0.2) is 0 Å². The number of nitrogens with zero attached hydrogens (tertiary/aromatic N) is 1. The molecule has 0 aliphatic heterocycles. The molecule has 0 radical (unpaired) electrons. The van der Waals surface area contributed by atoms with Crippen LogP contribution < -0.4 is 0 Å². The van der Waals surface area contributed by atoms with E-state index in [4.69, 9.17) is 4.17 Å². The van der Waals surface area contributed by atoms with E-state index in [0.717, 1.165) is 0 Å². The Labute approximate surface area is 49.3 Å². The van der Waals surface area contributed by atoms with Gasteiger partial charge in [0, 0.05) is 21.7 Å². The molecule has 0 saturated heterocycles. The van der Waals surface area contributed by atoms with Crippen molar-refractivity contribution in [2.75, 3.05) is 0 Å². The first-order chi connectivity index (χ1) is 1.00. The molecule has 0 bridgehead atoms. The van der Waals surface area contributed by atoms with Gasteiger partial charge in [0.15, 0.2) is 0 Å². The van der Waals surface area contributed by atoms with Gasteiger partial charge in [0.1, 0.15) is 0 Å². The normalized spacial score (nSPS) is 1.25. The number of hydrogen-bond donors (Lipinski definition) is 0. The summed E-state index contributed by atoms with van der Waals surface area (Å²) in [7, 11) is 0. The Balaban J connectivity index is -0.00000000500. The Morgan fingerprint density at radius 3 is 1.25 bits per heavy atom. The van der Waals surface area contributed by atoms with Gasteiger partial charge in [0.05, 0.1) is 0 Å². The van der Waals surface area contributed by atoms with Crippen molar-refractivity contribution >= 4 is 15.9 Å². The standard InChI is InChI=1S/CH4.Al.N.Ti/h1H4;;;. The van der Waals surface area contributed by atoms with Gasteiger partial charge in [-0.2, -0.15) is 0 Å². The molecular formula is CH4AlNTi. The maximum Gasteiger partial charge on any atom is 0 e. The van der Waals surface area contributed by atoms with Crippen LogP contribution in [0.1, 0.15) is 7.43 Å². The molecule has 0 aliphatic rings. The van der Waals surface area contributed by atoms with Gasteiger partial charge in [-0.15, -0.1) is 0 Å². The van der Waals surface area contributed by atoms with Crippen molar-refractivity contribution in [3.63, 3.8) is 0 Å². The van der Waals surface area contributed by atoms with Crippen LogP contribution in [-0.4, -0.2) is 15.9 Å². The minimum atomic E-state index is 0. The van der Waals surface area contributed by atoms with Crippen molar-refractivity contribution in [3.8, 4) is 0 Å². The summed E-state index contributed by atoms with van der Waals surface area (Å²) >= 11 is 1.42. The van der Waals surface area contributed by atoms with Crippen LogP contribution in [-0.2, 0) is 21.7 Å². The van der Waals surface area contributed by atoms with E-state index in [9.17, 15) is 0 Å². The maximum absolute atomic E-state index is 6.92. The molecule has 0 N–H and O–H groups in total. The molecule has 0 aliphatic carbocycles. The van der Waals surface area contributed by atoms with Crippen LogP contribution in [0.15, 0.2) is 0 Å². The average molecular weight is 105 g/mol. The second-order valence-corrected chi connectivity index (χ2v) is 0. The van der Waals surface area contributed by atoms with Crippen molar-refractivity contribution in [1.29, 1.82) is 4.17 Å². The molecule has 4 heavy (non-hydrogen) atoms. The van der Waals surface area contributed by atoms with E-state index in [1.807, 2.05) is 0 Å². The van der Waals surface area contributed by atoms with Gasteiger partial charge in [-0.05, 0) is 0 Å². The fraction of sp³-hybridized carbons (Fsp3) is 1.00. The van der Waals surface area contributed by atoms with Gasteiger partial charge < -0.3 is 0 Å². The van der Waals surface area contributed by atoms with Gasteiger partial charge in [-0.3, -0.25) is 0 Å². The Hall–Kier alpha value is 0.957. The first-order valence-corrected chi connectivity index (χ1v) is 0.775. The fourth-order valence-corrected chi connectivity index (χ4v) is 0. The summed E-state index contributed by atoms with van der Waals surface area (Å²) in [4.78, 5) is 0. The molecule has 0 amide bonds. The van der Waals surface area contributed by atoms with Crippen LogP contribution in [0.3, 0.4) is 0 Å². The predicted molar refractivity (Wildman–Crippen MR) is 14.2 cm³/mol. The maximum atomic E-state index is 6.92. The molecule has 0 aromatic rings. The van der Waals surface area contributed by atoms with E-state index in [-0.39, 0.29) is 29.1 Å². The Morgan fingerprint density at radius 2 is 1.25 bits per heavy atom. The topological polar surface area (TPSA) is 23.8 Å². The summed E-state index contributed by atoms with van der Waals surface area (Å²) in [6.45, 7) is 0. The molecule has 1 nitrogen and oxygen atoms in total.